The number of hydrogen-bond acceptors (Lipinski definition) is 2. The highest BCUT2D eigenvalue weighted by Gasteiger charge is 2.52. The SMILES string of the molecule is CCC1(P(C2CCCCC2)C2CCCCC2)c2ccccc2-c2ccc(S(=O)(=O)O)cc21. The van der Waals surface area contributed by atoms with Gasteiger partial charge in [0.25, 0.3) is 10.1 Å². The third-order valence-electron chi connectivity index (χ3n) is 8.29. The number of rotatable bonds is 5. The first-order valence-corrected chi connectivity index (χ1v) is 15.4. The Bertz CT molecular complexity index is 1070. The summed E-state index contributed by atoms with van der Waals surface area (Å²) in [7, 11) is -4.62. The lowest BCUT2D eigenvalue weighted by Crippen LogP contribution is -2.34. The van der Waals surface area contributed by atoms with E-state index >= 15 is 0 Å². The van der Waals surface area contributed by atoms with E-state index in [1.54, 1.807) is 6.07 Å². The molecule has 2 fully saturated rings. The van der Waals surface area contributed by atoms with Crippen LogP contribution in [0.4, 0.5) is 0 Å². The van der Waals surface area contributed by atoms with Crippen molar-refractivity contribution in [3.8, 4) is 11.1 Å². The van der Waals surface area contributed by atoms with E-state index in [1.807, 2.05) is 12.1 Å². The predicted octanol–water partition coefficient (Wildman–Crippen LogP) is 7.71. The number of benzene rings is 2. The van der Waals surface area contributed by atoms with Gasteiger partial charge in [-0.15, -0.1) is 0 Å². The van der Waals surface area contributed by atoms with Crippen molar-refractivity contribution in [1.82, 2.24) is 0 Å². The molecule has 0 spiro atoms. The van der Waals surface area contributed by atoms with Gasteiger partial charge in [-0.05, 0) is 77.8 Å². The molecular weight excluding hydrogens is 435 g/mol. The van der Waals surface area contributed by atoms with Crippen LogP contribution in [0.2, 0.25) is 0 Å². The summed E-state index contributed by atoms with van der Waals surface area (Å²) in [5.41, 5.74) is 6.51. The van der Waals surface area contributed by atoms with Gasteiger partial charge < -0.3 is 0 Å². The molecule has 0 radical (unpaired) electrons. The molecule has 1 N–H and O–H groups in total. The fraction of sp³-hybridized carbons (Fsp3) is 0.556. The van der Waals surface area contributed by atoms with Crippen LogP contribution in [-0.2, 0) is 15.3 Å². The van der Waals surface area contributed by atoms with E-state index in [4.69, 9.17) is 0 Å². The third-order valence-corrected chi connectivity index (χ3v) is 13.4. The minimum Gasteiger partial charge on any atom is -0.282 e. The van der Waals surface area contributed by atoms with Gasteiger partial charge in [0.05, 0.1) is 4.90 Å². The largest absolute Gasteiger partial charge is 0.294 e. The summed E-state index contributed by atoms with van der Waals surface area (Å²) < 4.78 is 34.2. The van der Waals surface area contributed by atoms with E-state index in [-0.39, 0.29) is 18.0 Å². The molecule has 3 nitrogen and oxygen atoms in total. The van der Waals surface area contributed by atoms with Crippen LogP contribution in [0.1, 0.15) is 88.7 Å². The molecule has 5 heteroatoms. The molecule has 2 saturated carbocycles. The predicted molar refractivity (Wildman–Crippen MR) is 133 cm³/mol. The minimum absolute atomic E-state index is 0.0455. The average Bonchev–Trinajstić information content (AvgIpc) is 3.10. The molecule has 0 bridgehead atoms. The topological polar surface area (TPSA) is 54.4 Å². The molecule has 2 aromatic carbocycles. The van der Waals surface area contributed by atoms with Crippen LogP contribution >= 0.6 is 7.92 Å². The van der Waals surface area contributed by atoms with Gasteiger partial charge in [-0.1, -0.05) is 83.7 Å². The standard InChI is InChI=1S/C27H35O3PS/c1-2-27(31(20-11-5-3-6-12-20)21-13-7-4-8-14-21)25-16-10-9-15-23(25)24-18-17-22(19-26(24)27)32(28,29)30/h9-10,15-21H,2-8,11-14H2,1H3,(H,28,29,30). The quantitative estimate of drug-likeness (QED) is 0.359. The highest BCUT2D eigenvalue weighted by atomic mass is 32.2. The van der Waals surface area contributed by atoms with Crippen LogP contribution in [0.25, 0.3) is 11.1 Å². The van der Waals surface area contributed by atoms with Crippen molar-refractivity contribution in [2.45, 2.75) is 98.9 Å². The zero-order chi connectivity index (χ0) is 22.3. The number of fused-ring (bicyclic) bond motifs is 3. The van der Waals surface area contributed by atoms with Crippen LogP contribution < -0.4 is 0 Å². The maximum Gasteiger partial charge on any atom is 0.294 e. The van der Waals surface area contributed by atoms with E-state index in [0.717, 1.165) is 17.7 Å². The molecule has 172 valence electrons. The summed E-state index contributed by atoms with van der Waals surface area (Å²) in [4.78, 5) is 0.0455. The van der Waals surface area contributed by atoms with Crippen molar-refractivity contribution >= 4 is 18.0 Å². The van der Waals surface area contributed by atoms with Crippen molar-refractivity contribution in [1.29, 1.82) is 0 Å². The molecule has 5 rings (SSSR count). The molecule has 0 saturated heterocycles. The molecule has 32 heavy (non-hydrogen) atoms. The van der Waals surface area contributed by atoms with E-state index < -0.39 is 10.1 Å². The Morgan fingerprint density at radius 3 is 1.97 bits per heavy atom. The Kier molecular flexibility index (Phi) is 6.24. The molecular formula is C27H35O3PS. The zero-order valence-electron chi connectivity index (χ0n) is 19.1. The van der Waals surface area contributed by atoms with Crippen LogP contribution in [-0.4, -0.2) is 24.3 Å². The van der Waals surface area contributed by atoms with Crippen LogP contribution in [0, 0.1) is 0 Å². The van der Waals surface area contributed by atoms with Gasteiger partial charge in [-0.3, -0.25) is 4.55 Å². The molecule has 2 aromatic rings. The highest BCUT2D eigenvalue weighted by molar-refractivity contribution is 7.85. The second kappa shape index (κ2) is 8.85. The van der Waals surface area contributed by atoms with Crippen molar-refractivity contribution in [2.24, 2.45) is 0 Å². The van der Waals surface area contributed by atoms with Gasteiger partial charge in [0.1, 0.15) is 0 Å². The fourth-order valence-electron chi connectivity index (χ4n) is 6.97. The van der Waals surface area contributed by atoms with Gasteiger partial charge in [-0.2, -0.15) is 8.42 Å². The summed E-state index contributed by atoms with van der Waals surface area (Å²) in [6.45, 7) is 2.31. The summed E-state index contributed by atoms with van der Waals surface area (Å²) >= 11 is 0. The van der Waals surface area contributed by atoms with E-state index in [2.05, 4.69) is 31.2 Å². The fourth-order valence-corrected chi connectivity index (χ4v) is 12.5. The lowest BCUT2D eigenvalue weighted by atomic mass is 9.93. The molecule has 3 aliphatic carbocycles. The summed E-state index contributed by atoms with van der Waals surface area (Å²) in [5.74, 6) is 0. The van der Waals surface area contributed by atoms with E-state index in [9.17, 15) is 13.0 Å². The third kappa shape index (κ3) is 3.67. The van der Waals surface area contributed by atoms with Gasteiger partial charge in [0.15, 0.2) is 0 Å². The average molecular weight is 471 g/mol. The Labute approximate surface area is 194 Å². The first kappa shape index (κ1) is 22.6. The van der Waals surface area contributed by atoms with Crippen molar-refractivity contribution in [2.75, 3.05) is 0 Å². The molecule has 0 aromatic heterocycles. The monoisotopic (exact) mass is 470 g/mol. The molecule has 1 atom stereocenters. The van der Waals surface area contributed by atoms with Crippen molar-refractivity contribution < 1.29 is 13.0 Å². The highest BCUT2D eigenvalue weighted by Crippen LogP contribution is 2.74. The van der Waals surface area contributed by atoms with Crippen LogP contribution in [0.5, 0.6) is 0 Å². The van der Waals surface area contributed by atoms with Gasteiger partial charge >= 0.3 is 0 Å². The first-order valence-electron chi connectivity index (χ1n) is 12.5. The van der Waals surface area contributed by atoms with Gasteiger partial charge in [0.2, 0.25) is 0 Å². The zero-order valence-corrected chi connectivity index (χ0v) is 20.8. The first-order chi connectivity index (χ1) is 15.5. The second-order valence-corrected chi connectivity index (χ2v) is 14.4. The molecule has 0 heterocycles. The number of hydrogen-bond donors (Lipinski definition) is 1. The van der Waals surface area contributed by atoms with E-state index in [1.165, 1.54) is 86.5 Å². The summed E-state index contributed by atoms with van der Waals surface area (Å²) in [6, 6.07) is 14.2. The summed E-state index contributed by atoms with van der Waals surface area (Å²) in [6.07, 6.45) is 14.3. The molecule has 3 aliphatic rings. The second-order valence-electron chi connectivity index (χ2n) is 9.93. The van der Waals surface area contributed by atoms with Gasteiger partial charge in [-0.25, -0.2) is 0 Å². The lowest BCUT2D eigenvalue weighted by Gasteiger charge is -2.50. The van der Waals surface area contributed by atoms with Crippen LogP contribution in [0.15, 0.2) is 47.4 Å². The van der Waals surface area contributed by atoms with Crippen molar-refractivity contribution in [3.05, 3.63) is 53.6 Å². The normalized spacial score (nSPS) is 24.5. The maximum absolute atomic E-state index is 12.1. The molecule has 0 amide bonds. The maximum atomic E-state index is 12.1. The Balaban J connectivity index is 1.76. The Morgan fingerprint density at radius 2 is 1.41 bits per heavy atom. The Hall–Kier alpha value is -1.22. The Morgan fingerprint density at radius 1 is 0.844 bits per heavy atom. The van der Waals surface area contributed by atoms with Crippen molar-refractivity contribution in [3.63, 3.8) is 0 Å². The smallest absolute Gasteiger partial charge is 0.282 e. The van der Waals surface area contributed by atoms with E-state index in [0.29, 0.717) is 0 Å². The van der Waals surface area contributed by atoms with Crippen LogP contribution in [0.3, 0.4) is 0 Å². The molecule has 1 unspecified atom stereocenters. The summed E-state index contributed by atoms with van der Waals surface area (Å²) in [5, 5.41) is -0.119. The van der Waals surface area contributed by atoms with Gasteiger partial charge in [0, 0.05) is 5.16 Å². The minimum atomic E-state index is -4.24. The molecule has 0 aliphatic heterocycles. The lowest BCUT2D eigenvalue weighted by molar-refractivity contribution is 0.473.